The van der Waals surface area contributed by atoms with Gasteiger partial charge < -0.3 is 10.1 Å². The van der Waals surface area contributed by atoms with Crippen LogP contribution in [0.1, 0.15) is 6.92 Å². The fourth-order valence-electron chi connectivity index (χ4n) is 1.13. The van der Waals surface area contributed by atoms with Gasteiger partial charge in [0.25, 0.3) is 0 Å². The summed E-state index contributed by atoms with van der Waals surface area (Å²) in [5.41, 5.74) is 0. The molecule has 1 saturated heterocycles. The molecule has 0 radical (unpaired) electrons. The Balaban J connectivity index is 2.03. The third-order valence-electron chi connectivity index (χ3n) is 1.85. The number of ether oxygens (including phenoxy) is 1. The first kappa shape index (κ1) is 12.2. The van der Waals surface area contributed by atoms with Crippen molar-refractivity contribution in [2.24, 2.45) is 0 Å². The predicted octanol–water partition coefficient (Wildman–Crippen LogP) is 0.988. The van der Waals surface area contributed by atoms with Gasteiger partial charge >= 0.3 is 0 Å². The van der Waals surface area contributed by atoms with Crippen LogP contribution in [0.5, 0.6) is 0 Å². The third kappa shape index (κ3) is 5.12. The molecule has 0 aromatic carbocycles. The van der Waals surface area contributed by atoms with Crippen molar-refractivity contribution in [3.05, 3.63) is 0 Å². The third-order valence-corrected chi connectivity index (χ3v) is 4.69. The molecule has 1 unspecified atom stereocenters. The maximum atomic E-state index is 11.2. The maximum Gasteiger partial charge on any atom is 0.246 e. The monoisotopic (exact) mass is 235 g/mol. The van der Waals surface area contributed by atoms with Crippen molar-refractivity contribution < 1.29 is 9.53 Å². The summed E-state index contributed by atoms with van der Waals surface area (Å²) in [6.07, 6.45) is 0. The van der Waals surface area contributed by atoms with Gasteiger partial charge in [-0.2, -0.15) is 23.5 Å². The van der Waals surface area contributed by atoms with Gasteiger partial charge in [-0.05, 0) is 6.92 Å². The number of amides is 1. The molecule has 1 fully saturated rings. The highest BCUT2D eigenvalue weighted by atomic mass is 32.2. The average molecular weight is 235 g/mol. The van der Waals surface area contributed by atoms with Crippen LogP contribution < -0.4 is 5.32 Å². The molecule has 0 spiro atoms. The number of carbonyl (C=O) groups excluding carboxylic acids is 1. The van der Waals surface area contributed by atoms with Crippen LogP contribution in [-0.2, 0) is 9.53 Å². The molecule has 82 valence electrons. The molecule has 0 aromatic heterocycles. The van der Waals surface area contributed by atoms with Gasteiger partial charge in [0, 0.05) is 35.7 Å². The molecule has 1 N–H and O–H groups in total. The van der Waals surface area contributed by atoms with E-state index in [2.05, 4.69) is 5.32 Å². The quantitative estimate of drug-likeness (QED) is 0.771. The summed E-state index contributed by atoms with van der Waals surface area (Å²) in [6, 6.07) is 0. The molecule has 1 rings (SSSR count). The van der Waals surface area contributed by atoms with Gasteiger partial charge in [-0.3, -0.25) is 4.79 Å². The van der Waals surface area contributed by atoms with Crippen LogP contribution >= 0.6 is 23.5 Å². The number of thioether (sulfide) groups is 2. The molecule has 1 aliphatic heterocycles. The fraction of sp³-hybridized carbons (Fsp3) is 0.889. The van der Waals surface area contributed by atoms with Crippen molar-refractivity contribution in [3.8, 4) is 0 Å². The van der Waals surface area contributed by atoms with E-state index in [9.17, 15) is 4.79 Å². The first-order chi connectivity index (χ1) is 6.83. The summed E-state index contributed by atoms with van der Waals surface area (Å²) >= 11 is 3.92. The summed E-state index contributed by atoms with van der Waals surface area (Å²) in [5, 5.41) is 3.47. The summed E-state index contributed by atoms with van der Waals surface area (Å²) in [4.78, 5) is 11.2. The van der Waals surface area contributed by atoms with Crippen molar-refractivity contribution in [2.75, 3.05) is 37.0 Å². The van der Waals surface area contributed by atoms with E-state index in [1.807, 2.05) is 30.4 Å². The van der Waals surface area contributed by atoms with Crippen molar-refractivity contribution >= 4 is 29.4 Å². The number of nitrogens with one attached hydrogen (secondary N) is 1. The van der Waals surface area contributed by atoms with Gasteiger partial charge in [0.1, 0.15) is 6.61 Å². The number of hydrogen-bond acceptors (Lipinski definition) is 4. The number of rotatable bonds is 5. The van der Waals surface area contributed by atoms with Crippen LogP contribution in [0.25, 0.3) is 0 Å². The molecule has 0 bridgehead atoms. The Kier molecular flexibility index (Phi) is 6.47. The minimum absolute atomic E-state index is 0.00280. The van der Waals surface area contributed by atoms with Gasteiger partial charge in [-0.1, -0.05) is 0 Å². The molecule has 3 nitrogen and oxygen atoms in total. The zero-order chi connectivity index (χ0) is 10.2. The van der Waals surface area contributed by atoms with Crippen molar-refractivity contribution in [3.63, 3.8) is 0 Å². The minimum Gasteiger partial charge on any atom is -0.372 e. The zero-order valence-corrected chi connectivity index (χ0v) is 10.1. The largest absolute Gasteiger partial charge is 0.372 e. The van der Waals surface area contributed by atoms with Gasteiger partial charge in [0.15, 0.2) is 0 Å². The van der Waals surface area contributed by atoms with Crippen LogP contribution in [-0.4, -0.2) is 48.2 Å². The molecule has 1 heterocycles. The average Bonchev–Trinajstić information content (AvgIpc) is 2.25. The molecule has 14 heavy (non-hydrogen) atoms. The normalized spacial score (nSPS) is 21.9. The summed E-state index contributed by atoms with van der Waals surface area (Å²) < 4.78 is 5.01. The maximum absolute atomic E-state index is 11.2. The van der Waals surface area contributed by atoms with E-state index in [0.717, 1.165) is 12.3 Å². The predicted molar refractivity (Wildman–Crippen MR) is 63.1 cm³/mol. The second kappa shape index (κ2) is 7.43. The Morgan fingerprint density at radius 2 is 2.43 bits per heavy atom. The summed E-state index contributed by atoms with van der Waals surface area (Å²) in [7, 11) is 0. The van der Waals surface area contributed by atoms with E-state index >= 15 is 0 Å². The van der Waals surface area contributed by atoms with Crippen molar-refractivity contribution in [2.45, 2.75) is 12.2 Å². The summed E-state index contributed by atoms with van der Waals surface area (Å²) in [5.74, 6) is 3.60. The lowest BCUT2D eigenvalue weighted by Gasteiger charge is -2.20. The fourth-order valence-corrected chi connectivity index (χ4v) is 3.74. The van der Waals surface area contributed by atoms with Gasteiger partial charge in [0.05, 0.1) is 0 Å². The standard InChI is InChI=1S/C9H17NO2S2/c1-2-12-6-9(11)10-5-8-7-13-3-4-14-8/h8H,2-7H2,1H3,(H,10,11). The smallest absolute Gasteiger partial charge is 0.246 e. The van der Waals surface area contributed by atoms with Gasteiger partial charge in [0.2, 0.25) is 5.91 Å². The number of hydrogen-bond donors (Lipinski definition) is 1. The molecule has 1 aliphatic rings. The van der Waals surface area contributed by atoms with E-state index in [1.165, 1.54) is 11.5 Å². The first-order valence-electron chi connectivity index (χ1n) is 4.86. The molecular weight excluding hydrogens is 218 g/mol. The van der Waals surface area contributed by atoms with Crippen molar-refractivity contribution in [1.29, 1.82) is 0 Å². The highest BCUT2D eigenvalue weighted by molar-refractivity contribution is 8.06. The Bertz CT molecular complexity index is 172. The molecule has 1 amide bonds. The van der Waals surface area contributed by atoms with Crippen LogP contribution in [0.15, 0.2) is 0 Å². The molecule has 5 heteroatoms. The topological polar surface area (TPSA) is 38.3 Å². The zero-order valence-electron chi connectivity index (χ0n) is 8.45. The van der Waals surface area contributed by atoms with Crippen LogP contribution in [0, 0.1) is 0 Å². The second-order valence-electron chi connectivity index (χ2n) is 3.01. The Labute approximate surface area is 93.7 Å². The molecule has 1 atom stereocenters. The molecule has 0 aromatic rings. The van der Waals surface area contributed by atoms with Gasteiger partial charge in [-0.15, -0.1) is 0 Å². The lowest BCUT2D eigenvalue weighted by molar-refractivity contribution is -0.125. The Morgan fingerprint density at radius 3 is 3.07 bits per heavy atom. The molecular formula is C9H17NO2S2. The van der Waals surface area contributed by atoms with E-state index < -0.39 is 0 Å². The second-order valence-corrected chi connectivity index (χ2v) is 5.57. The molecule has 0 aliphatic carbocycles. The Morgan fingerprint density at radius 1 is 1.57 bits per heavy atom. The van der Waals surface area contributed by atoms with E-state index in [-0.39, 0.29) is 12.5 Å². The van der Waals surface area contributed by atoms with Crippen molar-refractivity contribution in [1.82, 2.24) is 5.32 Å². The van der Waals surface area contributed by atoms with Gasteiger partial charge in [-0.25, -0.2) is 0 Å². The number of carbonyl (C=O) groups is 1. The summed E-state index contributed by atoms with van der Waals surface area (Å²) in [6.45, 7) is 3.47. The lowest BCUT2D eigenvalue weighted by atomic mass is 10.4. The van der Waals surface area contributed by atoms with Crippen LogP contribution in [0.3, 0.4) is 0 Å². The molecule has 0 saturated carbocycles. The highest BCUT2D eigenvalue weighted by Crippen LogP contribution is 2.23. The lowest BCUT2D eigenvalue weighted by Crippen LogP contribution is -2.35. The van der Waals surface area contributed by atoms with E-state index in [1.54, 1.807) is 0 Å². The van der Waals surface area contributed by atoms with E-state index in [0.29, 0.717) is 11.9 Å². The minimum atomic E-state index is 0.00280. The Hall–Kier alpha value is 0.130. The first-order valence-corrected chi connectivity index (χ1v) is 7.07. The SMILES string of the molecule is CCOCC(=O)NCC1CSCCS1. The highest BCUT2D eigenvalue weighted by Gasteiger charge is 2.14. The van der Waals surface area contributed by atoms with Crippen LogP contribution in [0.4, 0.5) is 0 Å². The van der Waals surface area contributed by atoms with E-state index in [4.69, 9.17) is 4.74 Å². The van der Waals surface area contributed by atoms with Crippen LogP contribution in [0.2, 0.25) is 0 Å².